The van der Waals surface area contributed by atoms with Crippen LogP contribution in [0.15, 0.2) is 36.0 Å². The Balaban J connectivity index is 2.79. The van der Waals surface area contributed by atoms with Gasteiger partial charge in [0.15, 0.2) is 5.57 Å². The number of hydrogen-bond acceptors (Lipinski definition) is 4. The van der Waals surface area contributed by atoms with Crippen LogP contribution >= 0.6 is 0 Å². The highest BCUT2D eigenvalue weighted by atomic mass is 16.5. The van der Waals surface area contributed by atoms with E-state index in [1.165, 1.54) is 13.3 Å². The van der Waals surface area contributed by atoms with E-state index in [-0.39, 0.29) is 5.57 Å². The SMILES string of the molecule is COC(=O)/C(C#N)=C\Nc1cccc(C)c1. The van der Waals surface area contributed by atoms with Crippen molar-refractivity contribution in [1.82, 2.24) is 0 Å². The number of carbonyl (C=O) groups excluding carboxylic acids is 1. The number of rotatable bonds is 3. The minimum Gasteiger partial charge on any atom is -0.465 e. The summed E-state index contributed by atoms with van der Waals surface area (Å²) in [6.45, 7) is 1.96. The van der Waals surface area contributed by atoms with E-state index in [4.69, 9.17) is 5.26 Å². The van der Waals surface area contributed by atoms with Crippen molar-refractivity contribution >= 4 is 11.7 Å². The van der Waals surface area contributed by atoms with Gasteiger partial charge >= 0.3 is 5.97 Å². The van der Waals surface area contributed by atoms with Crippen molar-refractivity contribution < 1.29 is 9.53 Å². The maximum absolute atomic E-state index is 11.1. The highest BCUT2D eigenvalue weighted by Gasteiger charge is 2.07. The van der Waals surface area contributed by atoms with Gasteiger partial charge in [0.25, 0.3) is 0 Å². The largest absolute Gasteiger partial charge is 0.465 e. The van der Waals surface area contributed by atoms with E-state index in [1.54, 1.807) is 6.07 Å². The molecule has 0 saturated heterocycles. The van der Waals surface area contributed by atoms with Crippen molar-refractivity contribution in [3.8, 4) is 6.07 Å². The maximum atomic E-state index is 11.1. The monoisotopic (exact) mass is 216 g/mol. The number of esters is 1. The first-order chi connectivity index (χ1) is 7.67. The zero-order chi connectivity index (χ0) is 12.0. The molecule has 0 atom stereocenters. The summed E-state index contributed by atoms with van der Waals surface area (Å²) in [4.78, 5) is 11.1. The molecule has 0 aliphatic carbocycles. The molecule has 1 aromatic carbocycles. The standard InChI is InChI=1S/C12H12N2O2/c1-9-4-3-5-11(6-9)14-8-10(7-13)12(15)16-2/h3-6,8,14H,1-2H3/b10-8-. The van der Waals surface area contributed by atoms with Crippen LogP contribution in [0.25, 0.3) is 0 Å². The van der Waals surface area contributed by atoms with Gasteiger partial charge in [-0.1, -0.05) is 12.1 Å². The quantitative estimate of drug-likeness (QED) is 0.477. The highest BCUT2D eigenvalue weighted by molar-refractivity contribution is 5.92. The molecular weight excluding hydrogens is 204 g/mol. The molecule has 0 bridgehead atoms. The lowest BCUT2D eigenvalue weighted by molar-refractivity contribution is -0.135. The molecule has 4 heteroatoms. The average Bonchev–Trinajstić information content (AvgIpc) is 2.29. The van der Waals surface area contributed by atoms with Gasteiger partial charge in [-0.2, -0.15) is 5.26 Å². The second kappa shape index (κ2) is 5.56. The fourth-order valence-electron chi connectivity index (χ4n) is 1.14. The number of nitriles is 1. The van der Waals surface area contributed by atoms with Crippen LogP contribution in [0.3, 0.4) is 0 Å². The second-order valence-electron chi connectivity index (χ2n) is 3.18. The van der Waals surface area contributed by atoms with Crippen LogP contribution in [0.4, 0.5) is 5.69 Å². The Kier molecular flexibility index (Phi) is 4.10. The second-order valence-corrected chi connectivity index (χ2v) is 3.18. The predicted molar refractivity (Wildman–Crippen MR) is 60.5 cm³/mol. The lowest BCUT2D eigenvalue weighted by Gasteiger charge is -2.02. The van der Waals surface area contributed by atoms with Gasteiger partial charge in [-0.25, -0.2) is 4.79 Å². The van der Waals surface area contributed by atoms with Gasteiger partial charge in [0, 0.05) is 11.9 Å². The van der Waals surface area contributed by atoms with E-state index in [9.17, 15) is 4.79 Å². The summed E-state index contributed by atoms with van der Waals surface area (Å²) >= 11 is 0. The fraction of sp³-hybridized carbons (Fsp3) is 0.167. The molecule has 0 aliphatic heterocycles. The molecule has 0 aromatic heterocycles. The third kappa shape index (κ3) is 3.14. The third-order valence-electron chi connectivity index (χ3n) is 1.93. The van der Waals surface area contributed by atoms with E-state index < -0.39 is 5.97 Å². The molecule has 4 nitrogen and oxygen atoms in total. The van der Waals surface area contributed by atoms with E-state index in [1.807, 2.05) is 31.2 Å². The molecule has 0 aliphatic rings. The van der Waals surface area contributed by atoms with Gasteiger partial charge in [0.05, 0.1) is 7.11 Å². The number of ether oxygens (including phenoxy) is 1. The smallest absolute Gasteiger partial charge is 0.350 e. The summed E-state index contributed by atoms with van der Waals surface area (Å²) in [5, 5.41) is 11.6. The zero-order valence-electron chi connectivity index (χ0n) is 9.15. The molecule has 0 unspecified atom stereocenters. The van der Waals surface area contributed by atoms with Crippen molar-refractivity contribution in [1.29, 1.82) is 5.26 Å². The Hall–Kier alpha value is -2.28. The van der Waals surface area contributed by atoms with Gasteiger partial charge in [-0.15, -0.1) is 0 Å². The number of nitrogens with one attached hydrogen (secondary N) is 1. The zero-order valence-corrected chi connectivity index (χ0v) is 9.15. The Morgan fingerprint density at radius 2 is 2.31 bits per heavy atom. The summed E-state index contributed by atoms with van der Waals surface area (Å²) in [5.74, 6) is -0.650. The van der Waals surface area contributed by atoms with Crippen LogP contribution in [0.5, 0.6) is 0 Å². The first-order valence-electron chi connectivity index (χ1n) is 4.69. The highest BCUT2D eigenvalue weighted by Crippen LogP contribution is 2.10. The van der Waals surface area contributed by atoms with Gasteiger partial charge < -0.3 is 10.1 Å². The summed E-state index contributed by atoms with van der Waals surface area (Å²) in [6.07, 6.45) is 1.33. The minimum absolute atomic E-state index is 0.0657. The Morgan fingerprint density at radius 1 is 1.56 bits per heavy atom. The molecule has 1 aromatic rings. The number of nitrogens with zero attached hydrogens (tertiary/aromatic N) is 1. The average molecular weight is 216 g/mol. The molecule has 1 N–H and O–H groups in total. The third-order valence-corrected chi connectivity index (χ3v) is 1.93. The van der Waals surface area contributed by atoms with E-state index in [0.717, 1.165) is 11.3 Å². The van der Waals surface area contributed by atoms with Crippen LogP contribution in [0, 0.1) is 18.3 Å². The molecule has 0 fully saturated rings. The van der Waals surface area contributed by atoms with E-state index >= 15 is 0 Å². The van der Waals surface area contributed by atoms with Gasteiger partial charge in [-0.3, -0.25) is 0 Å². The van der Waals surface area contributed by atoms with Crippen molar-refractivity contribution in [2.45, 2.75) is 6.92 Å². The lowest BCUT2D eigenvalue weighted by atomic mass is 10.2. The fourth-order valence-corrected chi connectivity index (χ4v) is 1.14. The maximum Gasteiger partial charge on any atom is 0.350 e. The first-order valence-corrected chi connectivity index (χ1v) is 4.69. The van der Waals surface area contributed by atoms with Gasteiger partial charge in [0.2, 0.25) is 0 Å². The van der Waals surface area contributed by atoms with Crippen molar-refractivity contribution in [3.63, 3.8) is 0 Å². The molecule has 82 valence electrons. The summed E-state index contributed by atoms with van der Waals surface area (Å²) < 4.78 is 4.45. The van der Waals surface area contributed by atoms with Gasteiger partial charge in [0.1, 0.15) is 6.07 Å². The van der Waals surface area contributed by atoms with E-state index in [0.29, 0.717) is 0 Å². The normalized spacial score (nSPS) is 10.4. The summed E-state index contributed by atoms with van der Waals surface area (Å²) in [6, 6.07) is 9.35. The van der Waals surface area contributed by atoms with Crippen molar-refractivity contribution in [2.24, 2.45) is 0 Å². The molecule has 0 spiro atoms. The molecule has 0 heterocycles. The number of methoxy groups -OCH3 is 1. The number of benzene rings is 1. The van der Waals surface area contributed by atoms with Crippen LogP contribution in [0.1, 0.15) is 5.56 Å². The molecule has 0 amide bonds. The molecular formula is C12H12N2O2. The predicted octanol–water partition coefficient (Wildman–Crippen LogP) is 1.99. The molecule has 0 radical (unpaired) electrons. The number of aryl methyl sites for hydroxylation is 1. The number of hydrogen-bond donors (Lipinski definition) is 1. The number of anilines is 1. The topological polar surface area (TPSA) is 62.1 Å². The molecule has 16 heavy (non-hydrogen) atoms. The molecule has 0 saturated carbocycles. The first kappa shape index (κ1) is 11.8. The summed E-state index contributed by atoms with van der Waals surface area (Å²) in [7, 11) is 1.24. The minimum atomic E-state index is -0.650. The number of carbonyl (C=O) groups is 1. The van der Waals surface area contributed by atoms with E-state index in [2.05, 4.69) is 10.1 Å². The molecule has 1 rings (SSSR count). The lowest BCUT2D eigenvalue weighted by Crippen LogP contribution is -2.05. The Labute approximate surface area is 94.1 Å². The van der Waals surface area contributed by atoms with Crippen LogP contribution in [-0.4, -0.2) is 13.1 Å². The van der Waals surface area contributed by atoms with Crippen LogP contribution in [0.2, 0.25) is 0 Å². The van der Waals surface area contributed by atoms with Crippen LogP contribution < -0.4 is 5.32 Å². The Morgan fingerprint density at radius 3 is 2.88 bits per heavy atom. The Bertz CT molecular complexity index is 458. The van der Waals surface area contributed by atoms with Crippen LogP contribution in [-0.2, 0) is 9.53 Å². The van der Waals surface area contributed by atoms with Crippen molar-refractivity contribution in [2.75, 3.05) is 12.4 Å². The van der Waals surface area contributed by atoms with Gasteiger partial charge in [-0.05, 0) is 24.6 Å². The summed E-state index contributed by atoms with van der Waals surface area (Å²) in [5.41, 5.74) is 1.84. The van der Waals surface area contributed by atoms with Crippen molar-refractivity contribution in [3.05, 3.63) is 41.6 Å².